The smallest absolute Gasteiger partial charge is 0.347 e. The molecule has 1 saturated heterocycles. The van der Waals surface area contributed by atoms with Crippen molar-refractivity contribution < 1.29 is 14.6 Å². The summed E-state index contributed by atoms with van der Waals surface area (Å²) < 4.78 is 5.80. The summed E-state index contributed by atoms with van der Waals surface area (Å²) in [5.74, 6) is -0.350. The molecule has 6 heteroatoms. The average Bonchev–Trinajstić information content (AvgIpc) is 2.68. The van der Waals surface area contributed by atoms with E-state index < -0.39 is 11.6 Å². The van der Waals surface area contributed by atoms with E-state index in [1.54, 1.807) is 31.5 Å². The lowest BCUT2D eigenvalue weighted by molar-refractivity contribution is -0.154. The van der Waals surface area contributed by atoms with E-state index >= 15 is 0 Å². The molecule has 0 bridgehead atoms. The fraction of sp³-hybridized carbons (Fsp3) is 0.400. The predicted octanol–water partition coefficient (Wildman–Crippen LogP) is 2.52. The number of hydrogen-bond donors (Lipinski definition) is 1. The lowest BCUT2D eigenvalue weighted by Crippen LogP contribution is -2.50. The first-order valence-electron chi connectivity index (χ1n) is 8.92. The summed E-state index contributed by atoms with van der Waals surface area (Å²) in [6.07, 6.45) is 4.05. The highest BCUT2D eigenvalue weighted by atomic mass is 16.5. The fourth-order valence-electron chi connectivity index (χ4n) is 3.11. The van der Waals surface area contributed by atoms with Crippen molar-refractivity contribution in [2.75, 3.05) is 37.6 Å². The second-order valence-corrected chi connectivity index (χ2v) is 6.74. The van der Waals surface area contributed by atoms with E-state index in [1.165, 1.54) is 5.69 Å². The Hall–Kier alpha value is -2.60. The predicted molar refractivity (Wildman–Crippen MR) is 101 cm³/mol. The van der Waals surface area contributed by atoms with Crippen LogP contribution in [0.25, 0.3) is 0 Å². The van der Waals surface area contributed by atoms with Crippen molar-refractivity contribution in [2.24, 2.45) is 0 Å². The highest BCUT2D eigenvalue weighted by Crippen LogP contribution is 2.23. The summed E-state index contributed by atoms with van der Waals surface area (Å²) in [7, 11) is 0. The van der Waals surface area contributed by atoms with Crippen molar-refractivity contribution in [3.05, 3.63) is 54.9 Å². The van der Waals surface area contributed by atoms with Gasteiger partial charge in [-0.15, -0.1) is 0 Å². The standard InChI is InChI=1S/C20H25N3O3/c1-20(19(24)25,26-18-5-3-2-4-6-18)9-12-22-13-15-23(16-14-22)17-7-10-21-11-8-17/h2-8,10-11H,9,12-16H2,1H3,(H,24,25). The molecule has 0 saturated carbocycles. The SMILES string of the molecule is CC(CCN1CCN(c2ccncc2)CC1)(Oc1ccccc1)C(=O)O. The Labute approximate surface area is 154 Å². The second-order valence-electron chi connectivity index (χ2n) is 6.74. The summed E-state index contributed by atoms with van der Waals surface area (Å²) in [6, 6.07) is 13.2. The molecule has 0 radical (unpaired) electrons. The molecule has 1 aromatic carbocycles. The number of nitrogens with zero attached hydrogens (tertiary/aromatic N) is 3. The van der Waals surface area contributed by atoms with E-state index in [4.69, 9.17) is 4.74 Å². The van der Waals surface area contributed by atoms with Gasteiger partial charge in [0.1, 0.15) is 5.75 Å². The number of aliphatic carboxylic acids is 1. The zero-order valence-corrected chi connectivity index (χ0v) is 15.0. The van der Waals surface area contributed by atoms with Crippen LogP contribution in [0, 0.1) is 0 Å². The number of rotatable bonds is 7. The van der Waals surface area contributed by atoms with Gasteiger partial charge < -0.3 is 14.7 Å². The topological polar surface area (TPSA) is 65.9 Å². The number of hydrogen-bond acceptors (Lipinski definition) is 5. The van der Waals surface area contributed by atoms with Crippen molar-refractivity contribution in [1.82, 2.24) is 9.88 Å². The first-order chi connectivity index (χ1) is 12.6. The Morgan fingerprint density at radius 1 is 1.12 bits per heavy atom. The number of carboxylic acid groups (broad SMARTS) is 1. The van der Waals surface area contributed by atoms with Crippen LogP contribution in [0.15, 0.2) is 54.9 Å². The van der Waals surface area contributed by atoms with Gasteiger partial charge in [-0.3, -0.25) is 9.88 Å². The Morgan fingerprint density at radius 3 is 2.38 bits per heavy atom. The fourth-order valence-corrected chi connectivity index (χ4v) is 3.11. The van der Waals surface area contributed by atoms with E-state index in [9.17, 15) is 9.90 Å². The normalized spacial score (nSPS) is 17.5. The van der Waals surface area contributed by atoms with E-state index in [0.29, 0.717) is 18.7 Å². The number of piperazine rings is 1. The lowest BCUT2D eigenvalue weighted by atomic mass is 10.0. The molecule has 2 aromatic rings. The number of para-hydroxylation sites is 1. The third kappa shape index (κ3) is 4.52. The number of anilines is 1. The van der Waals surface area contributed by atoms with Gasteiger partial charge in [0.15, 0.2) is 0 Å². The molecule has 2 heterocycles. The van der Waals surface area contributed by atoms with Crippen molar-refractivity contribution in [1.29, 1.82) is 0 Å². The van der Waals surface area contributed by atoms with Gasteiger partial charge in [-0.2, -0.15) is 0 Å². The van der Waals surface area contributed by atoms with Crippen molar-refractivity contribution >= 4 is 11.7 Å². The first kappa shape index (κ1) is 18.2. The lowest BCUT2D eigenvalue weighted by Gasteiger charge is -2.37. The first-order valence-corrected chi connectivity index (χ1v) is 8.92. The highest BCUT2D eigenvalue weighted by Gasteiger charge is 2.36. The third-order valence-corrected chi connectivity index (χ3v) is 4.84. The van der Waals surface area contributed by atoms with Crippen molar-refractivity contribution in [3.63, 3.8) is 0 Å². The van der Waals surface area contributed by atoms with E-state index in [0.717, 1.165) is 26.2 Å². The van der Waals surface area contributed by atoms with Crippen LogP contribution in [-0.4, -0.2) is 59.3 Å². The number of benzene rings is 1. The van der Waals surface area contributed by atoms with Crippen LogP contribution in [0.1, 0.15) is 13.3 Å². The van der Waals surface area contributed by atoms with Gasteiger partial charge in [0.05, 0.1) is 0 Å². The van der Waals surface area contributed by atoms with Crippen LogP contribution >= 0.6 is 0 Å². The summed E-state index contributed by atoms with van der Waals surface area (Å²) in [5.41, 5.74) is -0.0497. The Kier molecular flexibility index (Phi) is 5.73. The minimum atomic E-state index is -1.23. The molecule has 26 heavy (non-hydrogen) atoms. The molecule has 1 unspecified atom stereocenters. The maximum absolute atomic E-state index is 11.8. The number of aromatic nitrogens is 1. The van der Waals surface area contributed by atoms with Gasteiger partial charge in [-0.05, 0) is 31.2 Å². The van der Waals surface area contributed by atoms with E-state index in [1.807, 2.05) is 30.3 Å². The molecule has 0 spiro atoms. The second kappa shape index (κ2) is 8.19. The zero-order chi connectivity index (χ0) is 18.4. The summed E-state index contributed by atoms with van der Waals surface area (Å²) in [4.78, 5) is 20.5. The van der Waals surface area contributed by atoms with Crippen LogP contribution < -0.4 is 9.64 Å². The van der Waals surface area contributed by atoms with E-state index in [2.05, 4.69) is 14.8 Å². The van der Waals surface area contributed by atoms with Gasteiger partial charge >= 0.3 is 5.97 Å². The molecular weight excluding hydrogens is 330 g/mol. The van der Waals surface area contributed by atoms with Gasteiger partial charge in [0.2, 0.25) is 5.60 Å². The maximum atomic E-state index is 11.8. The van der Waals surface area contributed by atoms with E-state index in [-0.39, 0.29) is 0 Å². The molecule has 3 rings (SSSR count). The Bertz CT molecular complexity index is 703. The molecule has 6 nitrogen and oxygen atoms in total. The molecule has 1 atom stereocenters. The Morgan fingerprint density at radius 2 is 1.77 bits per heavy atom. The van der Waals surface area contributed by atoms with Crippen molar-refractivity contribution in [2.45, 2.75) is 18.9 Å². The van der Waals surface area contributed by atoms with Crippen LogP contribution in [0.3, 0.4) is 0 Å². The van der Waals surface area contributed by atoms with Crippen LogP contribution in [0.2, 0.25) is 0 Å². The quantitative estimate of drug-likeness (QED) is 0.823. The molecule has 1 N–H and O–H groups in total. The molecule has 1 fully saturated rings. The largest absolute Gasteiger partial charge is 0.478 e. The molecule has 1 aromatic heterocycles. The molecule has 1 aliphatic heterocycles. The summed E-state index contributed by atoms with van der Waals surface area (Å²) in [6.45, 7) is 6.00. The van der Waals surface area contributed by atoms with Gasteiger partial charge in [-0.25, -0.2) is 4.79 Å². The minimum absolute atomic E-state index is 0.437. The summed E-state index contributed by atoms with van der Waals surface area (Å²) in [5, 5.41) is 9.66. The average molecular weight is 355 g/mol. The van der Waals surface area contributed by atoms with Gasteiger partial charge in [0, 0.05) is 57.2 Å². The highest BCUT2D eigenvalue weighted by molar-refractivity contribution is 5.77. The van der Waals surface area contributed by atoms with Crippen LogP contribution in [-0.2, 0) is 4.79 Å². The zero-order valence-electron chi connectivity index (χ0n) is 15.0. The van der Waals surface area contributed by atoms with Gasteiger partial charge in [-0.1, -0.05) is 18.2 Å². The monoisotopic (exact) mass is 355 g/mol. The molecule has 138 valence electrons. The maximum Gasteiger partial charge on any atom is 0.347 e. The molecule has 0 amide bonds. The Balaban J connectivity index is 1.53. The molecule has 1 aliphatic rings. The summed E-state index contributed by atoms with van der Waals surface area (Å²) >= 11 is 0. The number of carboxylic acids is 1. The number of ether oxygens (including phenoxy) is 1. The van der Waals surface area contributed by atoms with Crippen molar-refractivity contribution in [3.8, 4) is 5.75 Å². The molecule has 0 aliphatic carbocycles. The third-order valence-electron chi connectivity index (χ3n) is 4.84. The number of pyridine rings is 1. The van der Waals surface area contributed by atoms with Crippen LogP contribution in [0.4, 0.5) is 5.69 Å². The number of carbonyl (C=O) groups is 1. The minimum Gasteiger partial charge on any atom is -0.478 e. The van der Waals surface area contributed by atoms with Gasteiger partial charge in [0.25, 0.3) is 0 Å². The van der Waals surface area contributed by atoms with Crippen LogP contribution in [0.5, 0.6) is 5.75 Å². The molecular formula is C20H25N3O3.